The molecule has 4 aromatic heterocycles. The van der Waals surface area contributed by atoms with Gasteiger partial charge in [-0.2, -0.15) is 0 Å². The van der Waals surface area contributed by atoms with Crippen molar-refractivity contribution in [2.45, 2.75) is 51.8 Å². The molecule has 0 spiro atoms. The minimum atomic E-state index is -0.853. The van der Waals surface area contributed by atoms with E-state index < -0.39 is 18.1 Å². The van der Waals surface area contributed by atoms with Crippen LogP contribution in [0.5, 0.6) is 11.6 Å². The number of carbonyl (C=O) groups excluding carboxylic acids is 3. The zero-order valence-corrected chi connectivity index (χ0v) is 31.2. The molecule has 0 bridgehead atoms. The summed E-state index contributed by atoms with van der Waals surface area (Å²) < 4.78 is 11.3. The van der Waals surface area contributed by atoms with Crippen molar-refractivity contribution < 1.29 is 33.9 Å². The van der Waals surface area contributed by atoms with Crippen molar-refractivity contribution in [3.63, 3.8) is 0 Å². The van der Waals surface area contributed by atoms with Crippen molar-refractivity contribution in [2.75, 3.05) is 19.7 Å². The number of benzene rings is 2. The highest BCUT2D eigenvalue weighted by Gasteiger charge is 2.43. The molecule has 1 fully saturated rings. The first-order chi connectivity index (χ1) is 26.5. The number of H-pyrrole nitrogens is 1. The van der Waals surface area contributed by atoms with Gasteiger partial charge in [0.05, 0.1) is 34.4 Å². The van der Waals surface area contributed by atoms with Crippen molar-refractivity contribution in [3.8, 4) is 33.3 Å². The smallest absolute Gasteiger partial charge is 0.267 e. The van der Waals surface area contributed by atoms with Crippen LogP contribution < -0.4 is 15.4 Å². The maximum absolute atomic E-state index is 14.0. The number of ether oxygens (including phenoxy) is 1. The Morgan fingerprint density at radius 1 is 1.07 bits per heavy atom. The lowest BCUT2D eigenvalue weighted by Gasteiger charge is -2.28. The molecule has 5 N–H and O–H groups in total. The summed E-state index contributed by atoms with van der Waals surface area (Å²) in [6.07, 6.45) is -0.731. The molecule has 2 aromatic carbocycles. The number of thiazole rings is 1. The molecule has 0 saturated carbocycles. The fourth-order valence-corrected chi connectivity index (χ4v) is 7.47. The Hall–Kier alpha value is -6.13. The van der Waals surface area contributed by atoms with Crippen LogP contribution in [0.25, 0.3) is 32.7 Å². The number of aliphatic hydroxyl groups excluding tert-OH is 1. The number of phenolic OH excluding ortho intramolecular Hbond substituents is 1. The Morgan fingerprint density at radius 3 is 2.62 bits per heavy atom. The summed E-state index contributed by atoms with van der Waals surface area (Å²) >= 11 is 1.57. The minimum absolute atomic E-state index is 0.0148. The van der Waals surface area contributed by atoms with Gasteiger partial charge >= 0.3 is 0 Å². The van der Waals surface area contributed by atoms with Crippen LogP contribution in [0.15, 0.2) is 76.8 Å². The Kier molecular flexibility index (Phi) is 10.9. The number of aromatic hydroxyl groups is 1. The topological polar surface area (TPSA) is 209 Å². The minimum Gasteiger partial charge on any atom is -0.507 e. The van der Waals surface area contributed by atoms with Gasteiger partial charge in [0.2, 0.25) is 11.8 Å². The number of rotatable bonds is 13. The molecule has 1 aliphatic heterocycles. The first-order valence-corrected chi connectivity index (χ1v) is 18.7. The van der Waals surface area contributed by atoms with Gasteiger partial charge in [-0.3, -0.25) is 14.4 Å². The van der Waals surface area contributed by atoms with E-state index in [1.165, 1.54) is 11.0 Å². The second kappa shape index (κ2) is 16.1. The molecule has 55 heavy (non-hydrogen) atoms. The Bertz CT molecular complexity index is 2320. The van der Waals surface area contributed by atoms with E-state index in [4.69, 9.17) is 9.26 Å². The maximum Gasteiger partial charge on any atom is 0.267 e. The number of aromatic amines is 1. The number of carbonyl (C=O) groups is 3. The number of hydrogen-bond acceptors (Lipinski definition) is 12. The monoisotopic (exact) mass is 764 g/mol. The molecular formula is C39H40N8O7S. The molecule has 1 saturated heterocycles. The second-order valence-electron chi connectivity index (χ2n) is 13.7. The molecule has 3 amide bonds. The van der Waals surface area contributed by atoms with Crippen LogP contribution in [0, 0.1) is 12.8 Å². The number of fused-ring (bicyclic) bond motifs is 1. The number of likely N-dealkylation sites (tertiary alicyclic amines) is 1. The summed E-state index contributed by atoms with van der Waals surface area (Å²) in [4.78, 5) is 50.0. The predicted octanol–water partition coefficient (Wildman–Crippen LogP) is 4.58. The Labute approximate surface area is 319 Å². The van der Waals surface area contributed by atoms with Gasteiger partial charge in [0.15, 0.2) is 11.4 Å². The van der Waals surface area contributed by atoms with Crippen LogP contribution in [-0.4, -0.2) is 90.0 Å². The average molecular weight is 765 g/mol. The van der Waals surface area contributed by atoms with E-state index in [0.717, 1.165) is 21.7 Å². The molecular weight excluding hydrogens is 725 g/mol. The van der Waals surface area contributed by atoms with Crippen LogP contribution in [0.4, 0.5) is 0 Å². The van der Waals surface area contributed by atoms with Crippen molar-refractivity contribution in [3.05, 3.63) is 95.0 Å². The molecule has 7 rings (SSSR count). The molecule has 0 unspecified atom stereocenters. The predicted molar refractivity (Wildman–Crippen MR) is 203 cm³/mol. The number of para-hydroxylation sites is 1. The molecule has 16 heteroatoms. The number of nitrogens with one attached hydrogen (secondary N) is 3. The summed E-state index contributed by atoms with van der Waals surface area (Å²) in [6.45, 7) is 6.17. The first kappa shape index (κ1) is 37.2. The second-order valence-corrected chi connectivity index (χ2v) is 14.6. The molecule has 15 nitrogen and oxygen atoms in total. The highest BCUT2D eigenvalue weighted by Crippen LogP contribution is 2.33. The fourth-order valence-electron chi connectivity index (χ4n) is 6.66. The van der Waals surface area contributed by atoms with Gasteiger partial charge in [-0.15, -0.1) is 21.5 Å². The SMILES string of the molecule is Cc1ncsc1-c1ccc(CNC(=O)[C@@H]2C[C@@H](O)CN2C(=O)[C@@H](c2cc(OCCNC(=O)c3cc4cc(-c5ccccc5O)nnc4[nH]3)no2)C(C)C)cc1. The highest BCUT2D eigenvalue weighted by atomic mass is 32.1. The summed E-state index contributed by atoms with van der Waals surface area (Å²) in [5.41, 5.74) is 6.42. The maximum atomic E-state index is 14.0. The van der Waals surface area contributed by atoms with E-state index in [-0.39, 0.29) is 79.4 Å². The van der Waals surface area contributed by atoms with Crippen LogP contribution in [-0.2, 0) is 16.1 Å². The van der Waals surface area contributed by atoms with E-state index in [0.29, 0.717) is 22.3 Å². The Morgan fingerprint density at radius 2 is 1.87 bits per heavy atom. The quantitative estimate of drug-likeness (QED) is 0.103. The number of β-amino-alcohol motifs (C(OH)–C–C–N with tert-alkyl or cyclic N) is 1. The zero-order chi connectivity index (χ0) is 38.6. The average Bonchev–Trinajstić information content (AvgIpc) is 3.99. The van der Waals surface area contributed by atoms with E-state index in [1.807, 2.05) is 50.5 Å². The van der Waals surface area contributed by atoms with Crippen LogP contribution in [0.3, 0.4) is 0 Å². The lowest BCUT2D eigenvalue weighted by Crippen LogP contribution is -2.48. The molecule has 6 aromatic rings. The van der Waals surface area contributed by atoms with E-state index in [2.05, 4.69) is 36.0 Å². The molecule has 5 heterocycles. The van der Waals surface area contributed by atoms with Crippen LogP contribution in [0.2, 0.25) is 0 Å². The molecule has 0 radical (unpaired) electrons. The molecule has 3 atom stereocenters. The van der Waals surface area contributed by atoms with Gasteiger partial charge in [0, 0.05) is 36.5 Å². The first-order valence-electron chi connectivity index (χ1n) is 17.8. The number of aromatic nitrogens is 5. The number of aryl methyl sites for hydroxylation is 1. The highest BCUT2D eigenvalue weighted by molar-refractivity contribution is 7.13. The number of amides is 3. The number of phenols is 1. The van der Waals surface area contributed by atoms with Crippen molar-refractivity contribution in [1.82, 2.24) is 40.9 Å². The normalized spacial score (nSPS) is 16.1. The standard InChI is InChI=1S/C39H40N8O7S/c1-21(2)34(39(52)47-19-26(48)16-30(47)38(51)41-18-23-8-10-24(11-9-23)35-22(3)42-20-55-35)32-17-33(46-54-32)53-13-12-40-37(50)29-15-25-14-28(44-45-36(25)43-29)27-6-4-5-7-31(27)49/h4-11,14-15,17,20-21,26,30,34,48-49H,12-13,16,18-19H2,1-3H3,(H,40,50)(H,41,51)(H,43,45)/t26-,30+,34-/m1/s1. The Balaban J connectivity index is 0.923. The van der Waals surface area contributed by atoms with Gasteiger partial charge in [-0.1, -0.05) is 50.2 Å². The van der Waals surface area contributed by atoms with Crippen molar-refractivity contribution in [2.24, 2.45) is 5.92 Å². The van der Waals surface area contributed by atoms with Crippen molar-refractivity contribution in [1.29, 1.82) is 0 Å². The van der Waals surface area contributed by atoms with E-state index in [9.17, 15) is 24.6 Å². The summed E-state index contributed by atoms with van der Waals surface area (Å²) in [7, 11) is 0. The largest absolute Gasteiger partial charge is 0.507 e. The van der Waals surface area contributed by atoms with Gasteiger partial charge in [0.1, 0.15) is 30.0 Å². The third-order valence-corrected chi connectivity index (χ3v) is 10.5. The lowest BCUT2D eigenvalue weighted by molar-refractivity contribution is -0.141. The number of nitrogens with zero attached hydrogens (tertiary/aromatic N) is 5. The van der Waals surface area contributed by atoms with Crippen LogP contribution in [0.1, 0.15) is 53.7 Å². The van der Waals surface area contributed by atoms with Crippen molar-refractivity contribution >= 4 is 40.1 Å². The zero-order valence-electron chi connectivity index (χ0n) is 30.4. The van der Waals surface area contributed by atoms with Gasteiger partial charge in [-0.25, -0.2) is 4.98 Å². The third-order valence-electron chi connectivity index (χ3n) is 9.48. The molecule has 0 aliphatic carbocycles. The summed E-state index contributed by atoms with van der Waals surface area (Å²) in [6, 6.07) is 18.7. The lowest BCUT2D eigenvalue weighted by atomic mass is 9.91. The third kappa shape index (κ3) is 8.19. The molecule has 284 valence electrons. The number of hydrogen-bond donors (Lipinski definition) is 5. The summed E-state index contributed by atoms with van der Waals surface area (Å²) in [5, 5.41) is 39.4. The summed E-state index contributed by atoms with van der Waals surface area (Å²) in [5.74, 6) is -1.64. The van der Waals surface area contributed by atoms with E-state index in [1.54, 1.807) is 47.7 Å². The number of aliphatic hydroxyl groups is 1. The van der Waals surface area contributed by atoms with Crippen LogP contribution >= 0.6 is 11.3 Å². The van der Waals surface area contributed by atoms with Gasteiger partial charge in [0.25, 0.3) is 11.8 Å². The van der Waals surface area contributed by atoms with E-state index >= 15 is 0 Å². The fraction of sp³-hybridized carbons (Fsp3) is 0.308. The molecule has 1 aliphatic rings. The van der Waals surface area contributed by atoms with Gasteiger partial charge in [-0.05, 0) is 53.4 Å². The van der Waals surface area contributed by atoms with Gasteiger partial charge < -0.3 is 40.0 Å².